The fourth-order valence-corrected chi connectivity index (χ4v) is 1.45. The van der Waals surface area contributed by atoms with E-state index >= 15 is 0 Å². The second-order valence-electron chi connectivity index (χ2n) is 2.74. The topological polar surface area (TPSA) is 41.5 Å². The number of hydrogen-bond donors (Lipinski definition) is 2. The summed E-state index contributed by atoms with van der Waals surface area (Å²) < 4.78 is 6.16. The van der Waals surface area contributed by atoms with Crippen LogP contribution in [0.25, 0.3) is 0 Å². The maximum atomic E-state index is 8.47. The van der Waals surface area contributed by atoms with Crippen molar-refractivity contribution in [2.45, 2.75) is 0 Å². The zero-order chi connectivity index (χ0) is 10.2. The molecule has 0 aliphatic carbocycles. The van der Waals surface area contributed by atoms with Gasteiger partial charge in [0.1, 0.15) is 0 Å². The van der Waals surface area contributed by atoms with Gasteiger partial charge in [0.15, 0.2) is 0 Å². The molecule has 0 atom stereocenters. The van der Waals surface area contributed by atoms with Crippen molar-refractivity contribution in [3.8, 4) is 0 Å². The number of aliphatic hydroxyl groups excluding tert-OH is 1. The third-order valence-corrected chi connectivity index (χ3v) is 2.36. The van der Waals surface area contributed by atoms with E-state index in [2.05, 4.69) is 21.2 Å². The first-order valence-corrected chi connectivity index (χ1v) is 5.31. The zero-order valence-electron chi connectivity index (χ0n) is 7.87. The molecule has 1 rings (SSSR count). The molecule has 0 saturated heterocycles. The second kappa shape index (κ2) is 6.81. The van der Waals surface area contributed by atoms with Crippen molar-refractivity contribution in [3.05, 3.63) is 28.7 Å². The van der Waals surface area contributed by atoms with Crippen LogP contribution in [0, 0.1) is 0 Å². The molecule has 0 bridgehead atoms. The summed E-state index contributed by atoms with van der Waals surface area (Å²) in [5.41, 5.74) is 1.06. The Morgan fingerprint density at radius 3 is 2.79 bits per heavy atom. The second-order valence-corrected chi connectivity index (χ2v) is 3.60. The predicted molar refractivity (Wildman–Crippen MR) is 60.5 cm³/mol. The molecule has 0 saturated carbocycles. The Hall–Kier alpha value is -0.580. The molecule has 0 unspecified atom stereocenters. The van der Waals surface area contributed by atoms with Gasteiger partial charge in [0, 0.05) is 16.7 Å². The number of rotatable bonds is 6. The lowest BCUT2D eigenvalue weighted by Crippen LogP contribution is -2.11. The summed E-state index contributed by atoms with van der Waals surface area (Å²) in [5.74, 6) is 0. The van der Waals surface area contributed by atoms with E-state index in [4.69, 9.17) is 9.84 Å². The number of benzene rings is 1. The molecule has 14 heavy (non-hydrogen) atoms. The molecule has 4 heteroatoms. The normalized spacial score (nSPS) is 10.1. The molecule has 0 aromatic heterocycles. The van der Waals surface area contributed by atoms with Crippen molar-refractivity contribution < 1.29 is 9.84 Å². The largest absolute Gasteiger partial charge is 0.394 e. The first-order valence-electron chi connectivity index (χ1n) is 4.51. The van der Waals surface area contributed by atoms with Gasteiger partial charge in [0.25, 0.3) is 0 Å². The molecule has 0 aliphatic rings. The number of ether oxygens (including phenoxy) is 1. The van der Waals surface area contributed by atoms with Crippen LogP contribution >= 0.6 is 15.9 Å². The lowest BCUT2D eigenvalue weighted by molar-refractivity contribution is 0.0992. The molecule has 78 valence electrons. The van der Waals surface area contributed by atoms with Crippen LogP contribution in [0.4, 0.5) is 5.69 Å². The van der Waals surface area contributed by atoms with Crippen molar-refractivity contribution in [1.82, 2.24) is 0 Å². The smallest absolute Gasteiger partial charge is 0.0698 e. The Morgan fingerprint density at radius 2 is 2.07 bits per heavy atom. The van der Waals surface area contributed by atoms with Crippen LogP contribution in [0.3, 0.4) is 0 Å². The van der Waals surface area contributed by atoms with Crippen molar-refractivity contribution in [1.29, 1.82) is 0 Å². The molecule has 0 aliphatic heterocycles. The monoisotopic (exact) mass is 259 g/mol. The van der Waals surface area contributed by atoms with Crippen LogP contribution in [-0.2, 0) is 4.74 Å². The van der Waals surface area contributed by atoms with E-state index in [9.17, 15) is 0 Å². The van der Waals surface area contributed by atoms with Gasteiger partial charge >= 0.3 is 0 Å². The molecule has 0 fully saturated rings. The van der Waals surface area contributed by atoms with Gasteiger partial charge in [-0.3, -0.25) is 0 Å². The summed E-state index contributed by atoms with van der Waals surface area (Å²) in [7, 11) is 0. The predicted octanol–water partition coefficient (Wildman–Crippen LogP) is 1.87. The standard InChI is InChI=1S/C10H14BrNO2/c11-9-3-1-2-4-10(9)12-5-7-14-8-6-13/h1-4,12-13H,5-8H2. The van der Waals surface area contributed by atoms with Crippen LogP contribution in [0.2, 0.25) is 0 Å². The zero-order valence-corrected chi connectivity index (χ0v) is 9.46. The van der Waals surface area contributed by atoms with Crippen LogP contribution < -0.4 is 5.32 Å². The van der Waals surface area contributed by atoms with E-state index in [1.54, 1.807) is 0 Å². The highest BCUT2D eigenvalue weighted by Crippen LogP contribution is 2.20. The summed E-state index contributed by atoms with van der Waals surface area (Å²) >= 11 is 3.44. The van der Waals surface area contributed by atoms with Gasteiger partial charge in [-0.25, -0.2) is 0 Å². The van der Waals surface area contributed by atoms with E-state index in [-0.39, 0.29) is 6.61 Å². The van der Waals surface area contributed by atoms with Crippen LogP contribution in [0.5, 0.6) is 0 Å². The lowest BCUT2D eigenvalue weighted by atomic mass is 10.3. The fourth-order valence-electron chi connectivity index (χ4n) is 1.03. The van der Waals surface area contributed by atoms with Crippen LogP contribution in [0.15, 0.2) is 28.7 Å². The van der Waals surface area contributed by atoms with E-state index in [0.717, 1.165) is 16.7 Å². The number of halogens is 1. The first kappa shape index (κ1) is 11.5. The third kappa shape index (κ3) is 4.09. The minimum absolute atomic E-state index is 0.0784. The average molecular weight is 260 g/mol. The van der Waals surface area contributed by atoms with Gasteiger partial charge in [-0.15, -0.1) is 0 Å². The summed E-state index contributed by atoms with van der Waals surface area (Å²) in [4.78, 5) is 0. The fraction of sp³-hybridized carbons (Fsp3) is 0.400. The molecule has 0 heterocycles. The lowest BCUT2D eigenvalue weighted by Gasteiger charge is -2.08. The minimum Gasteiger partial charge on any atom is -0.394 e. The van der Waals surface area contributed by atoms with Crippen molar-refractivity contribution in [3.63, 3.8) is 0 Å². The number of nitrogens with one attached hydrogen (secondary N) is 1. The Morgan fingerprint density at radius 1 is 1.29 bits per heavy atom. The first-order chi connectivity index (χ1) is 6.84. The Bertz CT molecular complexity index is 268. The number of aliphatic hydroxyl groups is 1. The molecular formula is C10H14BrNO2. The summed E-state index contributed by atoms with van der Waals surface area (Å²) in [6.45, 7) is 1.82. The van der Waals surface area contributed by atoms with Crippen LogP contribution in [0.1, 0.15) is 0 Å². The molecular weight excluding hydrogens is 246 g/mol. The Balaban J connectivity index is 2.21. The van der Waals surface area contributed by atoms with Crippen LogP contribution in [-0.4, -0.2) is 31.5 Å². The van der Waals surface area contributed by atoms with E-state index < -0.39 is 0 Å². The van der Waals surface area contributed by atoms with E-state index in [0.29, 0.717) is 13.2 Å². The number of para-hydroxylation sites is 1. The van der Waals surface area contributed by atoms with E-state index in [1.807, 2.05) is 24.3 Å². The molecule has 0 amide bonds. The summed E-state index contributed by atoms with van der Waals surface area (Å²) in [6.07, 6.45) is 0. The van der Waals surface area contributed by atoms with Gasteiger partial charge in [-0.1, -0.05) is 12.1 Å². The van der Waals surface area contributed by atoms with Gasteiger partial charge in [0.2, 0.25) is 0 Å². The summed E-state index contributed by atoms with van der Waals surface area (Å²) in [5, 5.41) is 11.7. The molecule has 0 spiro atoms. The van der Waals surface area contributed by atoms with E-state index in [1.165, 1.54) is 0 Å². The van der Waals surface area contributed by atoms with Gasteiger partial charge in [0.05, 0.1) is 19.8 Å². The average Bonchev–Trinajstić information content (AvgIpc) is 2.20. The van der Waals surface area contributed by atoms with Gasteiger partial charge in [-0.2, -0.15) is 0 Å². The molecule has 2 N–H and O–H groups in total. The highest BCUT2D eigenvalue weighted by molar-refractivity contribution is 9.10. The molecule has 0 radical (unpaired) electrons. The molecule has 1 aromatic carbocycles. The third-order valence-electron chi connectivity index (χ3n) is 1.67. The minimum atomic E-state index is 0.0784. The quantitative estimate of drug-likeness (QED) is 0.767. The Labute approximate surface area is 92.2 Å². The van der Waals surface area contributed by atoms with Gasteiger partial charge < -0.3 is 15.2 Å². The maximum absolute atomic E-state index is 8.47. The molecule has 1 aromatic rings. The highest BCUT2D eigenvalue weighted by Gasteiger charge is 1.95. The number of hydrogen-bond acceptors (Lipinski definition) is 3. The van der Waals surface area contributed by atoms with Gasteiger partial charge in [-0.05, 0) is 28.1 Å². The number of anilines is 1. The summed E-state index contributed by atoms with van der Waals surface area (Å²) in [6, 6.07) is 7.92. The van der Waals surface area contributed by atoms with Crippen molar-refractivity contribution in [2.24, 2.45) is 0 Å². The molecule has 3 nitrogen and oxygen atoms in total. The Kier molecular flexibility index (Phi) is 5.59. The van der Waals surface area contributed by atoms with Crippen molar-refractivity contribution >= 4 is 21.6 Å². The van der Waals surface area contributed by atoms with Crippen molar-refractivity contribution in [2.75, 3.05) is 31.7 Å². The highest BCUT2D eigenvalue weighted by atomic mass is 79.9. The maximum Gasteiger partial charge on any atom is 0.0698 e. The SMILES string of the molecule is OCCOCCNc1ccccc1Br.